The lowest BCUT2D eigenvalue weighted by Crippen LogP contribution is -2.19. The van der Waals surface area contributed by atoms with E-state index in [4.69, 9.17) is 8.83 Å². The van der Waals surface area contributed by atoms with Crippen molar-refractivity contribution >= 4 is 0 Å². The van der Waals surface area contributed by atoms with Crippen molar-refractivity contribution in [3.05, 3.63) is 22.1 Å². The fraction of sp³-hybridized carbons (Fsp3) is 0.700. The Labute approximate surface area is 76.7 Å². The highest BCUT2D eigenvalue weighted by Gasteiger charge is 2.48. The Bertz CT molecular complexity index is 358. The van der Waals surface area contributed by atoms with E-state index in [0.29, 0.717) is 0 Å². The molecule has 2 rings (SSSR count). The molecule has 1 aromatic heterocycles. The van der Waals surface area contributed by atoms with Crippen molar-refractivity contribution < 1.29 is 8.83 Å². The Morgan fingerprint density at radius 3 is 1.77 bits per heavy atom. The second kappa shape index (κ2) is 2.08. The second-order valence-corrected chi connectivity index (χ2v) is 5.06. The Morgan fingerprint density at radius 1 is 1.00 bits per heavy atom. The zero-order valence-corrected chi connectivity index (χ0v) is 8.43. The van der Waals surface area contributed by atoms with Crippen LogP contribution in [-0.4, -0.2) is 0 Å². The van der Waals surface area contributed by atoms with Crippen LogP contribution >= 0.6 is 0 Å². The molecule has 0 bridgehead atoms. The summed E-state index contributed by atoms with van der Waals surface area (Å²) in [5, 5.41) is 0. The third-order valence-corrected chi connectivity index (χ3v) is 2.69. The molecule has 0 unspecified atom stereocenters. The lowest BCUT2D eigenvalue weighted by molar-refractivity contribution is 0.270. The molecule has 1 aliphatic carbocycles. The Hall–Kier alpha value is -0.990. The average Bonchev–Trinajstić information content (AvgIpc) is 2.34. The van der Waals surface area contributed by atoms with Crippen LogP contribution in [0.5, 0.6) is 0 Å². The predicted molar refractivity (Wildman–Crippen MR) is 47.9 cm³/mol. The predicted octanol–water partition coefficient (Wildman–Crippen LogP) is 2.19. The summed E-state index contributed by atoms with van der Waals surface area (Å²) < 4.78 is 10.1. The lowest BCUT2D eigenvalue weighted by atomic mass is 9.83. The summed E-state index contributed by atoms with van der Waals surface area (Å²) in [5.41, 5.74) is -0.157. The third-order valence-electron chi connectivity index (χ3n) is 2.69. The van der Waals surface area contributed by atoms with Crippen LogP contribution in [0.2, 0.25) is 0 Å². The molecule has 3 heteroatoms. The molecule has 0 fully saturated rings. The first-order chi connectivity index (χ1) is 5.83. The highest BCUT2D eigenvalue weighted by atomic mass is 16.6. The second-order valence-electron chi connectivity index (χ2n) is 5.06. The minimum atomic E-state index is -0.578. The van der Waals surface area contributed by atoms with E-state index in [1.165, 1.54) is 0 Å². The first kappa shape index (κ1) is 8.60. The van der Waals surface area contributed by atoms with Gasteiger partial charge in [-0.3, -0.25) is 0 Å². The van der Waals surface area contributed by atoms with E-state index in [0.717, 1.165) is 17.9 Å². The summed E-state index contributed by atoms with van der Waals surface area (Å²) in [4.78, 5) is 10.9. The summed E-state index contributed by atoms with van der Waals surface area (Å²) in [6.45, 7) is 8.27. The SMILES string of the molecule is CC1(C)CC(C)(C)c2oc(=O)oc21. The van der Waals surface area contributed by atoms with Crippen molar-refractivity contribution in [3.8, 4) is 0 Å². The third kappa shape index (κ3) is 1.06. The van der Waals surface area contributed by atoms with E-state index in [1.54, 1.807) is 0 Å². The summed E-state index contributed by atoms with van der Waals surface area (Å²) >= 11 is 0. The largest absolute Gasteiger partial charge is 0.519 e. The molecule has 0 aromatic carbocycles. The highest BCUT2D eigenvalue weighted by molar-refractivity contribution is 5.30. The van der Waals surface area contributed by atoms with Crippen molar-refractivity contribution in [2.24, 2.45) is 0 Å². The minimum absolute atomic E-state index is 0.0784. The lowest BCUT2D eigenvalue weighted by Gasteiger charge is -2.20. The number of fused-ring (bicyclic) bond motifs is 1. The molecule has 0 atom stereocenters. The molecule has 0 saturated heterocycles. The zero-order chi connectivity index (χ0) is 9.85. The summed E-state index contributed by atoms with van der Waals surface area (Å²) in [6, 6.07) is 0. The molecule has 0 spiro atoms. The molecule has 0 amide bonds. The quantitative estimate of drug-likeness (QED) is 0.617. The molecule has 0 N–H and O–H groups in total. The molecular weight excluding hydrogens is 168 g/mol. The number of hydrogen-bond donors (Lipinski definition) is 0. The van der Waals surface area contributed by atoms with Gasteiger partial charge in [-0.05, 0) is 6.42 Å². The molecule has 1 aliphatic rings. The van der Waals surface area contributed by atoms with Gasteiger partial charge in [0.2, 0.25) is 0 Å². The minimum Gasteiger partial charge on any atom is -0.395 e. The van der Waals surface area contributed by atoms with Crippen LogP contribution in [0.4, 0.5) is 0 Å². The molecular formula is C10H14O3. The van der Waals surface area contributed by atoms with E-state index >= 15 is 0 Å². The standard InChI is InChI=1S/C10H14O3/c1-9(2)5-10(3,4)7-6(9)12-8(11)13-7/h5H2,1-4H3. The molecule has 0 radical (unpaired) electrons. The van der Waals surface area contributed by atoms with Gasteiger partial charge in [0.25, 0.3) is 0 Å². The molecule has 3 nitrogen and oxygen atoms in total. The van der Waals surface area contributed by atoms with Crippen LogP contribution in [-0.2, 0) is 10.8 Å². The maximum absolute atomic E-state index is 10.9. The van der Waals surface area contributed by atoms with E-state index in [2.05, 4.69) is 27.7 Å². The van der Waals surface area contributed by atoms with Crippen molar-refractivity contribution in [2.75, 3.05) is 0 Å². The van der Waals surface area contributed by atoms with Gasteiger partial charge in [0, 0.05) is 10.8 Å². The van der Waals surface area contributed by atoms with E-state index in [9.17, 15) is 4.79 Å². The van der Waals surface area contributed by atoms with E-state index in [-0.39, 0.29) is 10.8 Å². The van der Waals surface area contributed by atoms with Gasteiger partial charge >= 0.3 is 5.82 Å². The van der Waals surface area contributed by atoms with Crippen molar-refractivity contribution in [2.45, 2.75) is 44.9 Å². The average molecular weight is 182 g/mol. The zero-order valence-electron chi connectivity index (χ0n) is 8.43. The van der Waals surface area contributed by atoms with Gasteiger partial charge in [0.15, 0.2) is 11.5 Å². The Morgan fingerprint density at radius 2 is 1.38 bits per heavy atom. The normalized spacial score (nSPS) is 23.1. The van der Waals surface area contributed by atoms with Crippen LogP contribution in [0.25, 0.3) is 0 Å². The van der Waals surface area contributed by atoms with Gasteiger partial charge < -0.3 is 8.83 Å². The molecule has 1 heterocycles. The maximum Gasteiger partial charge on any atom is 0.519 e. The van der Waals surface area contributed by atoms with Gasteiger partial charge in [0.05, 0.1) is 0 Å². The number of rotatable bonds is 0. The van der Waals surface area contributed by atoms with Crippen molar-refractivity contribution in [1.82, 2.24) is 0 Å². The highest BCUT2D eigenvalue weighted by Crippen LogP contribution is 2.48. The van der Waals surface area contributed by atoms with Gasteiger partial charge in [-0.25, -0.2) is 4.79 Å². The molecule has 72 valence electrons. The molecule has 1 aromatic rings. The van der Waals surface area contributed by atoms with E-state index < -0.39 is 5.82 Å². The van der Waals surface area contributed by atoms with Gasteiger partial charge in [-0.1, -0.05) is 27.7 Å². The van der Waals surface area contributed by atoms with Crippen molar-refractivity contribution in [1.29, 1.82) is 0 Å². The van der Waals surface area contributed by atoms with Crippen molar-refractivity contribution in [3.63, 3.8) is 0 Å². The fourth-order valence-electron chi connectivity index (χ4n) is 2.44. The monoisotopic (exact) mass is 182 g/mol. The summed E-state index contributed by atoms with van der Waals surface area (Å²) in [6.07, 6.45) is 0.956. The van der Waals surface area contributed by atoms with Gasteiger partial charge in [-0.2, -0.15) is 0 Å². The molecule has 13 heavy (non-hydrogen) atoms. The maximum atomic E-state index is 10.9. The van der Waals surface area contributed by atoms with Crippen LogP contribution < -0.4 is 5.82 Å². The smallest absolute Gasteiger partial charge is 0.395 e. The number of hydrogen-bond acceptors (Lipinski definition) is 3. The van der Waals surface area contributed by atoms with Gasteiger partial charge in [0.1, 0.15) is 0 Å². The van der Waals surface area contributed by atoms with E-state index in [1.807, 2.05) is 0 Å². The Kier molecular flexibility index (Phi) is 1.38. The summed E-state index contributed by atoms with van der Waals surface area (Å²) in [7, 11) is 0. The molecule has 0 saturated carbocycles. The van der Waals surface area contributed by atoms with Crippen LogP contribution in [0, 0.1) is 0 Å². The van der Waals surface area contributed by atoms with Crippen LogP contribution in [0.1, 0.15) is 45.6 Å². The first-order valence-corrected chi connectivity index (χ1v) is 4.48. The Balaban J connectivity index is 2.69. The van der Waals surface area contributed by atoms with Crippen LogP contribution in [0.15, 0.2) is 13.6 Å². The first-order valence-electron chi connectivity index (χ1n) is 4.48. The van der Waals surface area contributed by atoms with Gasteiger partial charge in [-0.15, -0.1) is 0 Å². The van der Waals surface area contributed by atoms with Crippen LogP contribution in [0.3, 0.4) is 0 Å². The fourth-order valence-corrected chi connectivity index (χ4v) is 2.44. The summed E-state index contributed by atoms with van der Waals surface area (Å²) in [5.74, 6) is 0.871. The molecule has 0 aliphatic heterocycles. The topological polar surface area (TPSA) is 43.4 Å².